The molecule has 2 aromatic carbocycles. The van der Waals surface area contributed by atoms with Crippen molar-refractivity contribution in [3.63, 3.8) is 0 Å². The summed E-state index contributed by atoms with van der Waals surface area (Å²) in [6.07, 6.45) is -1.09. The largest absolute Gasteiger partial charge is 0.416 e. The maximum absolute atomic E-state index is 13.9. The van der Waals surface area contributed by atoms with E-state index in [1.54, 1.807) is 18.2 Å². The zero-order valence-electron chi connectivity index (χ0n) is 16.8. The zero-order chi connectivity index (χ0) is 21.6. The van der Waals surface area contributed by atoms with Crippen molar-refractivity contribution in [2.45, 2.75) is 32.5 Å². The molecule has 0 aliphatic rings. The average molecular weight is 419 g/mol. The molecule has 1 heterocycles. The van der Waals surface area contributed by atoms with Crippen LogP contribution in [0, 0.1) is 5.82 Å². The number of alkyl halides is 3. The first-order chi connectivity index (χ1) is 14.4. The molecule has 7 heteroatoms. The van der Waals surface area contributed by atoms with Crippen molar-refractivity contribution >= 4 is 16.6 Å². The Labute approximate surface area is 173 Å². The molecule has 0 atom stereocenters. The van der Waals surface area contributed by atoms with Crippen molar-refractivity contribution in [3.8, 4) is 0 Å². The Hall–Kier alpha value is -2.67. The SMILES string of the molecule is CCCN(CCCNc1ccnc2cc(C(F)(F)F)ccc12)Cc1ccccc1F. The van der Waals surface area contributed by atoms with Gasteiger partial charge in [0.15, 0.2) is 0 Å². The smallest absolute Gasteiger partial charge is 0.384 e. The third kappa shape index (κ3) is 5.69. The molecular weight excluding hydrogens is 394 g/mol. The summed E-state index contributed by atoms with van der Waals surface area (Å²) in [5.74, 6) is -0.196. The molecule has 0 unspecified atom stereocenters. The molecule has 0 bridgehead atoms. The van der Waals surface area contributed by atoms with Crippen LogP contribution in [-0.2, 0) is 12.7 Å². The number of aromatic nitrogens is 1. The van der Waals surface area contributed by atoms with Crippen molar-refractivity contribution < 1.29 is 17.6 Å². The van der Waals surface area contributed by atoms with E-state index in [2.05, 4.69) is 22.1 Å². The molecular formula is C23H25F4N3. The lowest BCUT2D eigenvalue weighted by Gasteiger charge is -2.22. The number of benzene rings is 2. The van der Waals surface area contributed by atoms with Gasteiger partial charge < -0.3 is 5.32 Å². The lowest BCUT2D eigenvalue weighted by atomic mass is 10.1. The van der Waals surface area contributed by atoms with Crippen LogP contribution in [0.25, 0.3) is 10.9 Å². The topological polar surface area (TPSA) is 28.2 Å². The number of hydrogen-bond donors (Lipinski definition) is 1. The summed E-state index contributed by atoms with van der Waals surface area (Å²) in [5.41, 5.74) is 1.04. The summed E-state index contributed by atoms with van der Waals surface area (Å²) < 4.78 is 52.7. The molecule has 0 amide bonds. The van der Waals surface area contributed by atoms with Gasteiger partial charge in [-0.3, -0.25) is 9.88 Å². The van der Waals surface area contributed by atoms with Crippen molar-refractivity contribution in [3.05, 3.63) is 71.7 Å². The first-order valence-corrected chi connectivity index (χ1v) is 10.0. The standard InChI is InChI=1S/C23H25F4N3/c1-2-13-30(16-17-6-3-4-7-20(17)24)14-5-11-28-21-10-12-29-22-15-18(23(25,26)27)8-9-19(21)22/h3-4,6-10,12,15H,2,5,11,13-14,16H2,1H3,(H,28,29). The van der Waals surface area contributed by atoms with Gasteiger partial charge in [0, 0.05) is 42.5 Å². The van der Waals surface area contributed by atoms with Crippen molar-refractivity contribution in [1.29, 1.82) is 0 Å². The Morgan fingerprint density at radius 1 is 1.03 bits per heavy atom. The first kappa shape index (κ1) is 22.0. The Morgan fingerprint density at radius 2 is 1.83 bits per heavy atom. The van der Waals surface area contributed by atoms with Crippen LogP contribution in [0.4, 0.5) is 23.2 Å². The van der Waals surface area contributed by atoms with Crippen molar-refractivity contribution in [1.82, 2.24) is 9.88 Å². The van der Waals surface area contributed by atoms with Gasteiger partial charge in [0.05, 0.1) is 11.1 Å². The fraction of sp³-hybridized carbons (Fsp3) is 0.348. The summed E-state index contributed by atoms with van der Waals surface area (Å²) in [5, 5.41) is 3.95. The van der Waals surface area contributed by atoms with E-state index in [1.165, 1.54) is 18.3 Å². The highest BCUT2D eigenvalue weighted by Gasteiger charge is 2.30. The third-order valence-electron chi connectivity index (χ3n) is 4.93. The lowest BCUT2D eigenvalue weighted by Crippen LogP contribution is -2.27. The lowest BCUT2D eigenvalue weighted by molar-refractivity contribution is -0.137. The minimum atomic E-state index is -4.39. The number of hydrogen-bond acceptors (Lipinski definition) is 3. The van der Waals surface area contributed by atoms with Gasteiger partial charge in [0.2, 0.25) is 0 Å². The maximum Gasteiger partial charge on any atom is 0.416 e. The van der Waals surface area contributed by atoms with E-state index >= 15 is 0 Å². The first-order valence-electron chi connectivity index (χ1n) is 10.0. The van der Waals surface area contributed by atoms with E-state index < -0.39 is 11.7 Å². The summed E-state index contributed by atoms with van der Waals surface area (Å²) in [6, 6.07) is 12.2. The number of rotatable bonds is 9. The maximum atomic E-state index is 13.9. The second-order valence-electron chi connectivity index (χ2n) is 7.24. The highest BCUT2D eigenvalue weighted by molar-refractivity contribution is 5.91. The van der Waals surface area contributed by atoms with Gasteiger partial charge in [-0.1, -0.05) is 31.2 Å². The van der Waals surface area contributed by atoms with Crippen LogP contribution in [0.2, 0.25) is 0 Å². The molecule has 0 saturated heterocycles. The molecule has 1 aromatic heterocycles. The third-order valence-corrected chi connectivity index (χ3v) is 4.93. The van der Waals surface area contributed by atoms with Gasteiger partial charge >= 0.3 is 6.18 Å². The number of fused-ring (bicyclic) bond motifs is 1. The van der Waals surface area contributed by atoms with Crippen LogP contribution in [0.15, 0.2) is 54.7 Å². The van der Waals surface area contributed by atoms with Gasteiger partial charge in [-0.2, -0.15) is 13.2 Å². The summed E-state index contributed by atoms with van der Waals surface area (Å²) in [7, 11) is 0. The van der Waals surface area contributed by atoms with Crippen LogP contribution >= 0.6 is 0 Å². The number of halogens is 4. The van der Waals surface area contributed by atoms with Gasteiger partial charge in [-0.05, 0) is 43.7 Å². The van der Waals surface area contributed by atoms with Crippen LogP contribution < -0.4 is 5.32 Å². The second kappa shape index (κ2) is 9.89. The second-order valence-corrected chi connectivity index (χ2v) is 7.24. The zero-order valence-corrected chi connectivity index (χ0v) is 16.8. The van der Waals surface area contributed by atoms with Crippen LogP contribution in [0.3, 0.4) is 0 Å². The summed E-state index contributed by atoms with van der Waals surface area (Å²) >= 11 is 0. The Kier molecular flexibility index (Phi) is 7.26. The highest BCUT2D eigenvalue weighted by Crippen LogP contribution is 2.32. The van der Waals surface area contributed by atoms with Gasteiger partial charge in [-0.25, -0.2) is 4.39 Å². The van der Waals surface area contributed by atoms with E-state index in [0.29, 0.717) is 29.6 Å². The highest BCUT2D eigenvalue weighted by atomic mass is 19.4. The molecule has 0 aliphatic carbocycles. The molecule has 0 fully saturated rings. The van der Waals surface area contributed by atoms with E-state index in [9.17, 15) is 17.6 Å². The molecule has 160 valence electrons. The molecule has 0 radical (unpaired) electrons. The molecule has 3 nitrogen and oxygen atoms in total. The predicted molar refractivity (Wildman–Crippen MR) is 112 cm³/mol. The Morgan fingerprint density at radius 3 is 2.57 bits per heavy atom. The fourth-order valence-corrected chi connectivity index (χ4v) is 3.46. The van der Waals surface area contributed by atoms with Crippen molar-refractivity contribution in [2.75, 3.05) is 25.0 Å². The van der Waals surface area contributed by atoms with Gasteiger partial charge in [0.25, 0.3) is 0 Å². The molecule has 0 spiro atoms. The number of nitrogens with zero attached hydrogens (tertiary/aromatic N) is 2. The summed E-state index contributed by atoms with van der Waals surface area (Å²) in [4.78, 5) is 6.28. The molecule has 1 N–H and O–H groups in total. The van der Waals surface area contributed by atoms with Crippen LogP contribution in [0.5, 0.6) is 0 Å². The minimum Gasteiger partial charge on any atom is -0.384 e. The molecule has 30 heavy (non-hydrogen) atoms. The number of pyridine rings is 1. The molecule has 0 aliphatic heterocycles. The monoisotopic (exact) mass is 419 g/mol. The normalized spacial score (nSPS) is 11.9. The minimum absolute atomic E-state index is 0.196. The Bertz CT molecular complexity index is 972. The molecule has 0 saturated carbocycles. The van der Waals surface area contributed by atoms with Gasteiger partial charge in [0.1, 0.15) is 5.82 Å². The van der Waals surface area contributed by atoms with Crippen LogP contribution in [0.1, 0.15) is 30.9 Å². The molecule has 3 aromatic rings. The fourth-order valence-electron chi connectivity index (χ4n) is 3.46. The van der Waals surface area contributed by atoms with E-state index in [0.717, 1.165) is 43.8 Å². The quantitative estimate of drug-likeness (QED) is 0.335. The molecule has 3 rings (SSSR count). The van der Waals surface area contributed by atoms with Gasteiger partial charge in [-0.15, -0.1) is 0 Å². The van der Waals surface area contributed by atoms with Crippen LogP contribution in [-0.4, -0.2) is 29.5 Å². The number of anilines is 1. The van der Waals surface area contributed by atoms with E-state index in [-0.39, 0.29) is 5.82 Å². The van der Waals surface area contributed by atoms with E-state index in [4.69, 9.17) is 0 Å². The average Bonchev–Trinajstić information content (AvgIpc) is 2.72. The summed E-state index contributed by atoms with van der Waals surface area (Å²) in [6.45, 7) is 4.95. The Balaban J connectivity index is 1.60. The van der Waals surface area contributed by atoms with E-state index in [1.807, 2.05) is 6.07 Å². The van der Waals surface area contributed by atoms with Crippen molar-refractivity contribution in [2.24, 2.45) is 0 Å². The predicted octanol–water partition coefficient (Wildman–Crippen LogP) is 6.11. The number of nitrogens with one attached hydrogen (secondary N) is 1.